The van der Waals surface area contributed by atoms with Crippen LogP contribution in [0.1, 0.15) is 67.9 Å². The van der Waals surface area contributed by atoms with Crippen molar-refractivity contribution in [3.63, 3.8) is 0 Å². The van der Waals surface area contributed by atoms with E-state index in [9.17, 15) is 0 Å². The van der Waals surface area contributed by atoms with E-state index in [-0.39, 0.29) is 10.8 Å². The van der Waals surface area contributed by atoms with Crippen LogP contribution in [0.15, 0.2) is 254 Å². The zero-order valence-corrected chi connectivity index (χ0v) is 40.9. The second-order valence-electron chi connectivity index (χ2n) is 19.0. The Morgan fingerprint density at radius 1 is 0.592 bits per heavy atom. The zero-order chi connectivity index (χ0) is 48.6. The van der Waals surface area contributed by atoms with E-state index in [1.54, 1.807) is 6.20 Å². The summed E-state index contributed by atoms with van der Waals surface area (Å²) in [7, 11) is 0. The fourth-order valence-corrected chi connectivity index (χ4v) is 10.7. The van der Waals surface area contributed by atoms with E-state index < -0.39 is 0 Å². The van der Waals surface area contributed by atoms with E-state index in [1.165, 1.54) is 77.1 Å². The van der Waals surface area contributed by atoms with Gasteiger partial charge in [0.05, 0.1) is 5.35 Å². The Labute approximate surface area is 419 Å². The number of benzene rings is 8. The second kappa shape index (κ2) is 20.7. The highest BCUT2D eigenvalue weighted by Crippen LogP contribution is 2.54. The Kier molecular flexibility index (Phi) is 13.5. The standard InChI is InChI=1S/C31H30N2.C31H25N.C6H6/c1-3-9-23(21-32)22-14-16-25(17-15-22)33-26-18-19-28-27-12-7-8-13-29(27)31(2,30(28)20-26)24-10-5-4-6-11-24;1-31(25-15-9-4-10-16-25)20-27(23-13-7-3-8-14-23)30-28(21-31)26-19-24(17-18-29(26)32-30)22-11-5-2-6-12-22;1-2-4-6-5-3-1/h3,5,7-21,33H,4,6,32H2,1-2H3;2-19,21,32H,20H2,1H3;1-6H/b9-3-,23-21+;;. The fraction of sp³-hybridized carbons (Fsp3) is 0.118. The molecule has 71 heavy (non-hydrogen) atoms. The van der Waals surface area contributed by atoms with E-state index >= 15 is 0 Å². The van der Waals surface area contributed by atoms with Crippen molar-refractivity contribution in [3.8, 4) is 22.3 Å². The van der Waals surface area contributed by atoms with Crippen LogP contribution >= 0.6 is 0 Å². The number of anilines is 2. The molecule has 1 heterocycles. The molecule has 0 amide bonds. The SMILES string of the molecule is C/C=C\C(=C/N)c1ccc(Nc2ccc3c(c2)C(C)(C2=CCCC=C2)c2ccccc2-3)cc1.CC1(c2ccccc2)C=c2c([nH]c3ccc(-c4ccccc4)cc23)=C(c2ccccc2)C1.c1ccccc1. The molecule has 0 radical (unpaired) electrons. The Bertz CT molecular complexity index is 3520. The highest BCUT2D eigenvalue weighted by molar-refractivity contribution is 5.90. The number of fused-ring (bicyclic) bond motifs is 6. The topological polar surface area (TPSA) is 53.8 Å². The lowest BCUT2D eigenvalue weighted by atomic mass is 9.72. The second-order valence-corrected chi connectivity index (χ2v) is 19.0. The van der Waals surface area contributed by atoms with Crippen molar-refractivity contribution in [2.24, 2.45) is 5.73 Å². The molecule has 0 saturated heterocycles. The van der Waals surface area contributed by atoms with Crippen molar-refractivity contribution in [1.82, 2.24) is 4.98 Å². The molecular weight excluding hydrogens is 859 g/mol. The number of hydrogen-bond acceptors (Lipinski definition) is 2. The van der Waals surface area contributed by atoms with Crippen LogP contribution in [0.5, 0.6) is 0 Å². The molecule has 4 N–H and O–H groups in total. The molecule has 8 aromatic carbocycles. The smallest absolute Gasteiger partial charge is 0.0500 e. The summed E-state index contributed by atoms with van der Waals surface area (Å²) in [5, 5.41) is 7.47. The maximum Gasteiger partial charge on any atom is 0.0500 e. The van der Waals surface area contributed by atoms with E-state index in [1.807, 2.05) is 55.5 Å². The summed E-state index contributed by atoms with van der Waals surface area (Å²) in [6, 6.07) is 75.2. The Balaban J connectivity index is 0.000000147. The first-order valence-corrected chi connectivity index (χ1v) is 24.9. The molecule has 0 fully saturated rings. The predicted molar refractivity (Wildman–Crippen MR) is 303 cm³/mol. The molecule has 0 aliphatic heterocycles. The maximum absolute atomic E-state index is 5.79. The van der Waals surface area contributed by atoms with Gasteiger partial charge in [0.2, 0.25) is 0 Å². The van der Waals surface area contributed by atoms with Crippen LogP contribution in [0.3, 0.4) is 0 Å². The van der Waals surface area contributed by atoms with Gasteiger partial charge >= 0.3 is 0 Å². The largest absolute Gasteiger partial charge is 0.404 e. The van der Waals surface area contributed by atoms with Crippen molar-refractivity contribution in [2.75, 3.05) is 5.32 Å². The van der Waals surface area contributed by atoms with Crippen LogP contribution in [-0.4, -0.2) is 4.98 Å². The van der Waals surface area contributed by atoms with Crippen molar-refractivity contribution >= 4 is 39.5 Å². The first kappa shape index (κ1) is 46.3. The van der Waals surface area contributed by atoms with Crippen LogP contribution in [0.4, 0.5) is 11.4 Å². The molecule has 3 heteroatoms. The van der Waals surface area contributed by atoms with Crippen molar-refractivity contribution < 1.29 is 0 Å². The fourth-order valence-electron chi connectivity index (χ4n) is 10.7. The summed E-state index contributed by atoms with van der Waals surface area (Å²) in [5.41, 5.74) is 24.4. The van der Waals surface area contributed by atoms with Gasteiger partial charge in [-0.05, 0) is 136 Å². The summed E-state index contributed by atoms with van der Waals surface area (Å²) in [6.07, 6.45) is 18.4. The first-order valence-electron chi connectivity index (χ1n) is 24.9. The zero-order valence-electron chi connectivity index (χ0n) is 40.9. The molecule has 0 bridgehead atoms. The predicted octanol–water partition coefficient (Wildman–Crippen LogP) is 15.7. The van der Waals surface area contributed by atoms with Gasteiger partial charge in [-0.25, -0.2) is 0 Å². The Hall–Kier alpha value is -8.40. The minimum Gasteiger partial charge on any atom is -0.404 e. The van der Waals surface area contributed by atoms with E-state index in [0.717, 1.165) is 41.8 Å². The van der Waals surface area contributed by atoms with Crippen LogP contribution in [0.25, 0.3) is 50.4 Å². The number of hydrogen-bond donors (Lipinski definition) is 3. The van der Waals surface area contributed by atoms with E-state index in [4.69, 9.17) is 5.73 Å². The van der Waals surface area contributed by atoms with Gasteiger partial charge in [-0.1, -0.05) is 219 Å². The highest BCUT2D eigenvalue weighted by Gasteiger charge is 2.41. The van der Waals surface area contributed by atoms with Gasteiger partial charge in [0, 0.05) is 44.5 Å². The first-order chi connectivity index (χ1) is 34.9. The lowest BCUT2D eigenvalue weighted by Gasteiger charge is -2.31. The number of aromatic amines is 1. The quantitative estimate of drug-likeness (QED) is 0.133. The molecule has 1 aromatic heterocycles. The van der Waals surface area contributed by atoms with Crippen molar-refractivity contribution in [2.45, 2.75) is 50.9 Å². The maximum atomic E-state index is 5.79. The monoisotopic (exact) mass is 919 g/mol. The molecule has 0 spiro atoms. The molecule has 2 unspecified atom stereocenters. The minimum absolute atomic E-state index is 0.0721. The van der Waals surface area contributed by atoms with Crippen LogP contribution in [-0.2, 0) is 10.8 Å². The minimum atomic E-state index is -0.141. The van der Waals surface area contributed by atoms with Crippen LogP contribution < -0.4 is 21.6 Å². The Morgan fingerprint density at radius 3 is 1.87 bits per heavy atom. The molecule has 348 valence electrons. The third kappa shape index (κ3) is 9.52. The van der Waals surface area contributed by atoms with Gasteiger partial charge in [0.15, 0.2) is 0 Å². The number of nitrogens with two attached hydrogens (primary N) is 1. The molecule has 2 atom stereocenters. The van der Waals surface area contributed by atoms with Gasteiger partial charge in [0.1, 0.15) is 0 Å². The molecule has 12 rings (SSSR count). The van der Waals surface area contributed by atoms with Gasteiger partial charge in [-0.3, -0.25) is 0 Å². The van der Waals surface area contributed by atoms with Crippen LogP contribution in [0, 0.1) is 0 Å². The third-order valence-corrected chi connectivity index (χ3v) is 14.4. The number of aromatic nitrogens is 1. The lowest BCUT2D eigenvalue weighted by Crippen LogP contribution is -2.37. The third-order valence-electron chi connectivity index (χ3n) is 14.4. The average molecular weight is 920 g/mol. The van der Waals surface area contributed by atoms with Gasteiger partial charge in [-0.15, -0.1) is 0 Å². The average Bonchev–Trinajstić information content (AvgIpc) is 3.93. The summed E-state index contributed by atoms with van der Waals surface area (Å²) >= 11 is 0. The van der Waals surface area contributed by atoms with Crippen molar-refractivity contribution in [1.29, 1.82) is 0 Å². The molecule has 0 saturated carbocycles. The van der Waals surface area contributed by atoms with Gasteiger partial charge in [-0.2, -0.15) is 0 Å². The molecule has 3 aliphatic carbocycles. The summed E-state index contributed by atoms with van der Waals surface area (Å²) in [5.74, 6) is 0. The van der Waals surface area contributed by atoms with Crippen LogP contribution in [0.2, 0.25) is 0 Å². The normalized spacial score (nSPS) is 17.6. The molecule has 3 aliphatic rings. The molecule has 9 aromatic rings. The summed E-state index contributed by atoms with van der Waals surface area (Å²) in [6.45, 7) is 6.74. The Morgan fingerprint density at radius 2 is 1.21 bits per heavy atom. The van der Waals surface area contributed by atoms with Crippen molar-refractivity contribution in [3.05, 3.63) is 293 Å². The van der Waals surface area contributed by atoms with E-state index in [0.29, 0.717) is 0 Å². The van der Waals surface area contributed by atoms with E-state index in [2.05, 4.69) is 224 Å². The number of rotatable bonds is 8. The molecular formula is C68H61N3. The van der Waals surface area contributed by atoms with Gasteiger partial charge in [0.25, 0.3) is 0 Å². The summed E-state index contributed by atoms with van der Waals surface area (Å²) in [4.78, 5) is 3.76. The van der Waals surface area contributed by atoms with Gasteiger partial charge < -0.3 is 16.0 Å². The molecule has 3 nitrogen and oxygen atoms in total. The lowest BCUT2D eigenvalue weighted by molar-refractivity contribution is 0.643. The number of nitrogens with one attached hydrogen (secondary N) is 2. The number of allylic oxidation sites excluding steroid dienone is 7. The highest BCUT2D eigenvalue weighted by atomic mass is 14.9. The number of H-pyrrole nitrogens is 1. The summed E-state index contributed by atoms with van der Waals surface area (Å²) < 4.78 is 0.